The molecule has 0 unspecified atom stereocenters. The second-order valence-electron chi connectivity index (χ2n) is 3.37. The lowest BCUT2D eigenvalue weighted by Gasteiger charge is -2.15. The number of hydrogen-bond donors (Lipinski definition) is 1. The van der Waals surface area contributed by atoms with Gasteiger partial charge in [-0.1, -0.05) is 0 Å². The molecule has 1 rings (SSSR count). The number of nitriles is 1. The molecule has 0 fully saturated rings. The van der Waals surface area contributed by atoms with Crippen LogP contribution in [-0.4, -0.2) is 4.98 Å². The molecule has 0 saturated heterocycles. The van der Waals surface area contributed by atoms with Gasteiger partial charge in [-0.2, -0.15) is 18.4 Å². The summed E-state index contributed by atoms with van der Waals surface area (Å²) in [6, 6.07) is 2.27. The van der Waals surface area contributed by atoms with Crippen LogP contribution in [0.2, 0.25) is 0 Å². The fourth-order valence-electron chi connectivity index (χ4n) is 1.41. The van der Waals surface area contributed by atoms with E-state index in [9.17, 15) is 22.0 Å². The minimum atomic E-state index is -5.00. The van der Waals surface area contributed by atoms with Gasteiger partial charge in [-0.3, -0.25) is 0 Å². The number of rotatable bonds is 3. The first-order valence-corrected chi connectivity index (χ1v) is 4.76. The summed E-state index contributed by atoms with van der Waals surface area (Å²) in [5.74, 6) is 0. The molecule has 1 heterocycles. The summed E-state index contributed by atoms with van der Waals surface area (Å²) in [5.41, 5.74) is 2.14. The molecule has 0 spiro atoms. The number of nitrogens with zero attached hydrogens (tertiary/aromatic N) is 2. The van der Waals surface area contributed by atoms with Gasteiger partial charge in [0.2, 0.25) is 0 Å². The average Bonchev–Trinajstić information content (AvgIpc) is 2.27. The van der Waals surface area contributed by atoms with E-state index in [4.69, 9.17) is 11.0 Å². The zero-order valence-corrected chi connectivity index (χ0v) is 8.93. The first-order chi connectivity index (χ1) is 8.31. The van der Waals surface area contributed by atoms with Crippen LogP contribution in [0.15, 0.2) is 6.07 Å². The molecule has 18 heavy (non-hydrogen) atoms. The molecule has 1 aromatic rings. The lowest BCUT2D eigenvalue weighted by Crippen LogP contribution is -2.16. The van der Waals surface area contributed by atoms with E-state index in [2.05, 4.69) is 4.98 Å². The second kappa shape index (κ2) is 5.27. The molecule has 0 aliphatic rings. The summed E-state index contributed by atoms with van der Waals surface area (Å²) in [4.78, 5) is 3.12. The third-order valence-corrected chi connectivity index (χ3v) is 2.19. The molecule has 0 aliphatic heterocycles. The van der Waals surface area contributed by atoms with Crippen LogP contribution in [0.4, 0.5) is 22.0 Å². The Labute approximate surface area is 99.0 Å². The van der Waals surface area contributed by atoms with Gasteiger partial charge in [0, 0.05) is 12.1 Å². The quantitative estimate of drug-likeness (QED) is 0.854. The van der Waals surface area contributed by atoms with Crippen molar-refractivity contribution in [1.82, 2.24) is 4.98 Å². The van der Waals surface area contributed by atoms with Crippen LogP contribution in [0.3, 0.4) is 0 Å². The number of alkyl halides is 5. The van der Waals surface area contributed by atoms with E-state index >= 15 is 0 Å². The smallest absolute Gasteiger partial charge is 0.326 e. The van der Waals surface area contributed by atoms with Gasteiger partial charge < -0.3 is 5.73 Å². The molecule has 0 aromatic carbocycles. The third kappa shape index (κ3) is 2.92. The van der Waals surface area contributed by atoms with E-state index in [1.54, 1.807) is 6.07 Å². The van der Waals surface area contributed by atoms with E-state index < -0.39 is 30.3 Å². The van der Waals surface area contributed by atoms with Crippen LogP contribution >= 0.6 is 0 Å². The maximum Gasteiger partial charge on any atom is 0.433 e. The first kappa shape index (κ1) is 14.3. The van der Waals surface area contributed by atoms with Crippen molar-refractivity contribution in [1.29, 1.82) is 5.26 Å². The predicted octanol–water partition coefficient (Wildman–Crippen LogP) is 2.56. The molecule has 0 amide bonds. The maximum atomic E-state index is 12.6. The minimum Gasteiger partial charge on any atom is -0.326 e. The Balaban J connectivity index is 3.48. The number of aromatic nitrogens is 1. The molecule has 8 heteroatoms. The molecule has 0 saturated carbocycles. The van der Waals surface area contributed by atoms with Crippen molar-refractivity contribution in [2.45, 2.75) is 25.6 Å². The molecule has 1 aromatic heterocycles. The monoisotopic (exact) mass is 265 g/mol. The molecular weight excluding hydrogens is 257 g/mol. The Morgan fingerprint density at radius 2 is 2.00 bits per heavy atom. The Hall–Kier alpha value is -1.75. The van der Waals surface area contributed by atoms with Crippen molar-refractivity contribution < 1.29 is 22.0 Å². The Bertz CT molecular complexity index is 476. The van der Waals surface area contributed by atoms with Crippen LogP contribution in [0, 0.1) is 11.3 Å². The molecule has 98 valence electrons. The highest BCUT2D eigenvalue weighted by Gasteiger charge is 2.38. The van der Waals surface area contributed by atoms with Crippen molar-refractivity contribution in [3.05, 3.63) is 28.6 Å². The van der Waals surface area contributed by atoms with Gasteiger partial charge in [0.25, 0.3) is 6.43 Å². The lowest BCUT2D eigenvalue weighted by molar-refractivity contribution is -0.143. The molecule has 0 aliphatic carbocycles. The number of hydrogen-bond acceptors (Lipinski definition) is 3. The van der Waals surface area contributed by atoms with E-state index in [0.29, 0.717) is 6.07 Å². The molecular formula is C10H8F5N3. The number of pyridine rings is 1. The third-order valence-electron chi connectivity index (χ3n) is 2.19. The van der Waals surface area contributed by atoms with E-state index in [1.165, 1.54) is 0 Å². The van der Waals surface area contributed by atoms with Crippen molar-refractivity contribution in [3.63, 3.8) is 0 Å². The second-order valence-corrected chi connectivity index (χ2v) is 3.37. The van der Waals surface area contributed by atoms with Gasteiger partial charge in [0.15, 0.2) is 5.69 Å². The van der Waals surface area contributed by atoms with Crippen LogP contribution in [0.5, 0.6) is 0 Å². The van der Waals surface area contributed by atoms with Gasteiger partial charge in [0.1, 0.15) is 0 Å². The standard InChI is InChI=1S/C10H8F5N3/c11-9(12)6-3-5(4-17)7(1-2-16)18-8(6)10(13,14)15/h3,9H,1,4,17H2. The van der Waals surface area contributed by atoms with E-state index in [1.807, 2.05) is 0 Å². The van der Waals surface area contributed by atoms with Gasteiger partial charge in [-0.05, 0) is 11.6 Å². The van der Waals surface area contributed by atoms with Gasteiger partial charge in [-0.25, -0.2) is 13.8 Å². The summed E-state index contributed by atoms with van der Waals surface area (Å²) < 4.78 is 62.8. The summed E-state index contributed by atoms with van der Waals surface area (Å²) >= 11 is 0. The SMILES string of the molecule is N#CCc1nc(C(F)(F)F)c(C(F)F)cc1CN. The highest BCUT2D eigenvalue weighted by molar-refractivity contribution is 5.34. The molecule has 2 N–H and O–H groups in total. The minimum absolute atomic E-state index is 0.0138. The van der Waals surface area contributed by atoms with Gasteiger partial charge in [-0.15, -0.1) is 0 Å². The summed E-state index contributed by atoms with van der Waals surface area (Å²) in [5, 5.41) is 8.45. The average molecular weight is 265 g/mol. The fourth-order valence-corrected chi connectivity index (χ4v) is 1.41. The van der Waals surface area contributed by atoms with Crippen molar-refractivity contribution in [2.75, 3.05) is 0 Å². The van der Waals surface area contributed by atoms with Crippen molar-refractivity contribution in [3.8, 4) is 6.07 Å². The van der Waals surface area contributed by atoms with E-state index in [-0.39, 0.29) is 17.8 Å². The molecule has 0 atom stereocenters. The highest BCUT2D eigenvalue weighted by atomic mass is 19.4. The van der Waals surface area contributed by atoms with Crippen LogP contribution < -0.4 is 5.73 Å². The summed E-state index contributed by atoms with van der Waals surface area (Å²) in [7, 11) is 0. The van der Waals surface area contributed by atoms with Crippen LogP contribution in [-0.2, 0) is 19.1 Å². The Morgan fingerprint density at radius 3 is 2.39 bits per heavy atom. The zero-order chi connectivity index (χ0) is 13.9. The van der Waals surface area contributed by atoms with Gasteiger partial charge >= 0.3 is 6.18 Å². The van der Waals surface area contributed by atoms with Gasteiger partial charge in [0.05, 0.1) is 18.2 Å². The zero-order valence-electron chi connectivity index (χ0n) is 8.93. The molecule has 0 bridgehead atoms. The first-order valence-electron chi connectivity index (χ1n) is 4.76. The molecule has 3 nitrogen and oxygen atoms in total. The normalized spacial score (nSPS) is 11.7. The fraction of sp³-hybridized carbons (Fsp3) is 0.400. The lowest BCUT2D eigenvalue weighted by atomic mass is 10.1. The topological polar surface area (TPSA) is 62.7 Å². The Kier molecular flexibility index (Phi) is 4.19. The predicted molar refractivity (Wildman–Crippen MR) is 51.4 cm³/mol. The van der Waals surface area contributed by atoms with Crippen LogP contribution in [0.1, 0.15) is 28.9 Å². The van der Waals surface area contributed by atoms with E-state index in [0.717, 1.165) is 0 Å². The summed E-state index contributed by atoms with van der Waals surface area (Å²) in [6.07, 6.45) is -8.72. The number of nitrogens with two attached hydrogens (primary N) is 1. The molecule has 0 radical (unpaired) electrons. The summed E-state index contributed by atoms with van der Waals surface area (Å²) in [6.45, 7) is -0.262. The highest BCUT2D eigenvalue weighted by Crippen LogP contribution is 2.36. The Morgan fingerprint density at radius 1 is 1.39 bits per heavy atom. The van der Waals surface area contributed by atoms with Crippen molar-refractivity contribution in [2.24, 2.45) is 5.73 Å². The van der Waals surface area contributed by atoms with Crippen molar-refractivity contribution >= 4 is 0 Å². The maximum absolute atomic E-state index is 12.6. The number of halogens is 5. The van der Waals surface area contributed by atoms with Crippen LogP contribution in [0.25, 0.3) is 0 Å². The largest absolute Gasteiger partial charge is 0.433 e.